The molecule has 4 aromatic heterocycles. The van der Waals surface area contributed by atoms with Crippen molar-refractivity contribution in [3.8, 4) is 16.3 Å². The second-order valence-electron chi connectivity index (χ2n) is 5.60. The van der Waals surface area contributed by atoms with Gasteiger partial charge in [-0.3, -0.25) is 14.2 Å². The average Bonchev–Trinajstić information content (AvgIpc) is 3.33. The number of amides is 1. The van der Waals surface area contributed by atoms with Crippen LogP contribution in [0.15, 0.2) is 52.2 Å². The van der Waals surface area contributed by atoms with Crippen molar-refractivity contribution in [2.45, 2.75) is 6.54 Å². The van der Waals surface area contributed by atoms with Crippen molar-refractivity contribution in [1.29, 1.82) is 0 Å². The van der Waals surface area contributed by atoms with Gasteiger partial charge in [-0.15, -0.1) is 22.7 Å². The van der Waals surface area contributed by atoms with Crippen molar-refractivity contribution in [2.24, 2.45) is 0 Å². The summed E-state index contributed by atoms with van der Waals surface area (Å²) in [6, 6.07) is 8.95. The van der Waals surface area contributed by atoms with E-state index in [1.165, 1.54) is 29.3 Å². The number of carbonyl (C=O) groups excluding carboxylic acids is 1. The van der Waals surface area contributed by atoms with Crippen LogP contribution < -0.4 is 15.6 Å². The molecule has 7 nitrogen and oxygen atoms in total. The lowest BCUT2D eigenvalue weighted by Crippen LogP contribution is -2.28. The molecule has 4 heterocycles. The number of thiophene rings is 2. The Bertz CT molecular complexity index is 1170. The maximum atomic E-state index is 12.9. The van der Waals surface area contributed by atoms with Gasteiger partial charge in [0.1, 0.15) is 17.2 Å². The molecule has 0 fully saturated rings. The Morgan fingerprint density at radius 1 is 1.26 bits per heavy atom. The molecule has 1 N–H and O–H groups in total. The molecular weight excluding hydrogens is 384 g/mol. The van der Waals surface area contributed by atoms with E-state index in [2.05, 4.69) is 15.3 Å². The van der Waals surface area contributed by atoms with Gasteiger partial charge in [0.15, 0.2) is 0 Å². The van der Waals surface area contributed by atoms with E-state index in [-0.39, 0.29) is 18.0 Å². The lowest BCUT2D eigenvalue weighted by Gasteiger charge is -2.08. The van der Waals surface area contributed by atoms with E-state index >= 15 is 0 Å². The summed E-state index contributed by atoms with van der Waals surface area (Å²) in [5, 5.41) is 7.09. The lowest BCUT2D eigenvalue weighted by atomic mass is 10.2. The molecule has 0 saturated carbocycles. The number of nitrogens with zero attached hydrogens (tertiary/aromatic N) is 3. The molecule has 9 heteroatoms. The Morgan fingerprint density at radius 3 is 2.93 bits per heavy atom. The van der Waals surface area contributed by atoms with Gasteiger partial charge in [-0.05, 0) is 17.5 Å². The molecule has 0 saturated heterocycles. The molecule has 4 aromatic rings. The van der Waals surface area contributed by atoms with Crippen LogP contribution in [0.25, 0.3) is 20.7 Å². The Balaban J connectivity index is 1.62. The number of pyridine rings is 1. The normalized spacial score (nSPS) is 10.9. The van der Waals surface area contributed by atoms with E-state index in [9.17, 15) is 9.59 Å². The summed E-state index contributed by atoms with van der Waals surface area (Å²) >= 11 is 2.98. The van der Waals surface area contributed by atoms with Gasteiger partial charge in [0, 0.05) is 21.9 Å². The van der Waals surface area contributed by atoms with Crippen LogP contribution in [0.3, 0.4) is 0 Å². The quantitative estimate of drug-likeness (QED) is 0.558. The highest BCUT2D eigenvalue weighted by Crippen LogP contribution is 2.33. The molecule has 0 bridgehead atoms. The zero-order valence-corrected chi connectivity index (χ0v) is 15.8. The second-order valence-corrected chi connectivity index (χ2v) is 7.40. The predicted octanol–water partition coefficient (Wildman–Crippen LogP) is 3.23. The minimum absolute atomic E-state index is 0.152. The zero-order chi connectivity index (χ0) is 18.8. The van der Waals surface area contributed by atoms with Gasteiger partial charge >= 0.3 is 0 Å². The number of ether oxygens (including phenoxy) is 1. The molecule has 0 aromatic carbocycles. The molecule has 0 aliphatic heterocycles. The third-order valence-corrected chi connectivity index (χ3v) is 5.65. The third kappa shape index (κ3) is 3.46. The van der Waals surface area contributed by atoms with E-state index in [1.807, 2.05) is 22.9 Å². The molecule has 0 aliphatic carbocycles. The first-order chi connectivity index (χ1) is 13.2. The number of hydrogen-bond donors (Lipinski definition) is 1. The van der Waals surface area contributed by atoms with Gasteiger partial charge in [-0.25, -0.2) is 4.98 Å². The van der Waals surface area contributed by atoms with Gasteiger partial charge in [0.2, 0.25) is 11.8 Å². The summed E-state index contributed by atoms with van der Waals surface area (Å²) in [6.45, 7) is -0.152. The van der Waals surface area contributed by atoms with E-state index in [1.54, 1.807) is 29.5 Å². The molecule has 0 spiro atoms. The largest absolute Gasteiger partial charge is 0.481 e. The fraction of sp³-hybridized carbons (Fsp3) is 0.111. The number of aromatic nitrogens is 3. The molecule has 0 atom stereocenters. The fourth-order valence-electron chi connectivity index (χ4n) is 2.63. The van der Waals surface area contributed by atoms with Crippen LogP contribution in [0.1, 0.15) is 0 Å². The summed E-state index contributed by atoms with van der Waals surface area (Å²) in [6.07, 6.45) is 1.40. The fourth-order valence-corrected chi connectivity index (χ4v) is 4.35. The monoisotopic (exact) mass is 398 g/mol. The number of carbonyl (C=O) groups is 1. The van der Waals surface area contributed by atoms with Crippen molar-refractivity contribution >= 4 is 44.6 Å². The summed E-state index contributed by atoms with van der Waals surface area (Å²) < 4.78 is 6.34. The number of anilines is 1. The molecule has 27 heavy (non-hydrogen) atoms. The zero-order valence-electron chi connectivity index (χ0n) is 14.2. The summed E-state index contributed by atoms with van der Waals surface area (Å²) in [4.78, 5) is 35.4. The topological polar surface area (TPSA) is 86.1 Å². The first-order valence-corrected chi connectivity index (χ1v) is 9.73. The second kappa shape index (κ2) is 7.29. The SMILES string of the molecule is COc1cccc(NC(=O)Cn2cnc3scc(-c4cccs4)c3c2=O)n1. The first kappa shape index (κ1) is 17.4. The van der Waals surface area contributed by atoms with Crippen LogP contribution in [0.2, 0.25) is 0 Å². The maximum absolute atomic E-state index is 12.9. The Labute approximate surface area is 161 Å². The van der Waals surface area contributed by atoms with Crippen molar-refractivity contribution in [1.82, 2.24) is 14.5 Å². The molecule has 0 unspecified atom stereocenters. The van der Waals surface area contributed by atoms with E-state index in [0.717, 1.165) is 10.4 Å². The Kier molecular flexibility index (Phi) is 4.69. The minimum Gasteiger partial charge on any atom is -0.481 e. The van der Waals surface area contributed by atoms with Crippen LogP contribution in [-0.2, 0) is 11.3 Å². The highest BCUT2D eigenvalue weighted by Gasteiger charge is 2.15. The molecule has 0 radical (unpaired) electrons. The van der Waals surface area contributed by atoms with Gasteiger partial charge in [-0.2, -0.15) is 4.98 Å². The van der Waals surface area contributed by atoms with Gasteiger partial charge in [0.25, 0.3) is 5.56 Å². The Hall–Kier alpha value is -3.04. The average molecular weight is 398 g/mol. The first-order valence-electron chi connectivity index (χ1n) is 7.97. The van der Waals surface area contributed by atoms with Crippen LogP contribution >= 0.6 is 22.7 Å². The van der Waals surface area contributed by atoms with Gasteiger partial charge in [0.05, 0.1) is 18.8 Å². The number of methoxy groups -OCH3 is 1. The van der Waals surface area contributed by atoms with Gasteiger partial charge in [-0.1, -0.05) is 12.1 Å². The highest BCUT2D eigenvalue weighted by atomic mass is 32.1. The van der Waals surface area contributed by atoms with Crippen LogP contribution in [-0.4, -0.2) is 27.6 Å². The maximum Gasteiger partial charge on any atom is 0.263 e. The molecule has 136 valence electrons. The predicted molar refractivity (Wildman–Crippen MR) is 107 cm³/mol. The summed E-state index contributed by atoms with van der Waals surface area (Å²) in [7, 11) is 1.50. The Morgan fingerprint density at radius 2 is 2.15 bits per heavy atom. The van der Waals surface area contributed by atoms with E-state index in [0.29, 0.717) is 21.9 Å². The van der Waals surface area contributed by atoms with Crippen LogP contribution in [0.5, 0.6) is 5.88 Å². The van der Waals surface area contributed by atoms with E-state index in [4.69, 9.17) is 4.74 Å². The number of nitrogens with one attached hydrogen (secondary N) is 1. The molecule has 4 rings (SSSR count). The number of rotatable bonds is 5. The summed E-state index contributed by atoms with van der Waals surface area (Å²) in [5.41, 5.74) is 0.616. The van der Waals surface area contributed by atoms with Crippen LogP contribution in [0.4, 0.5) is 5.82 Å². The van der Waals surface area contributed by atoms with E-state index < -0.39 is 0 Å². The summed E-state index contributed by atoms with van der Waals surface area (Å²) in [5.74, 6) is 0.384. The van der Waals surface area contributed by atoms with Gasteiger partial charge < -0.3 is 10.1 Å². The number of hydrogen-bond acceptors (Lipinski definition) is 7. The highest BCUT2D eigenvalue weighted by molar-refractivity contribution is 7.18. The van der Waals surface area contributed by atoms with Crippen molar-refractivity contribution < 1.29 is 9.53 Å². The number of fused-ring (bicyclic) bond motifs is 1. The smallest absolute Gasteiger partial charge is 0.263 e. The molecule has 1 amide bonds. The third-order valence-electron chi connectivity index (χ3n) is 3.86. The lowest BCUT2D eigenvalue weighted by molar-refractivity contribution is -0.116. The van der Waals surface area contributed by atoms with Crippen molar-refractivity contribution in [3.63, 3.8) is 0 Å². The minimum atomic E-state index is -0.369. The van der Waals surface area contributed by atoms with Crippen molar-refractivity contribution in [2.75, 3.05) is 12.4 Å². The van der Waals surface area contributed by atoms with Crippen molar-refractivity contribution in [3.05, 3.63) is 57.8 Å². The standard InChI is InChI=1S/C18H14N4O3S2/c1-25-15-6-2-5-13(21-15)20-14(23)8-22-10-19-17-16(18(22)24)11(9-27-17)12-4-3-7-26-12/h2-7,9-10H,8H2,1H3,(H,20,21,23). The molecular formula is C18H14N4O3S2. The van der Waals surface area contributed by atoms with Crippen LogP contribution in [0, 0.1) is 0 Å². The molecule has 0 aliphatic rings.